The average Bonchev–Trinajstić information content (AvgIpc) is 3.12. The Labute approximate surface area is 195 Å². The summed E-state index contributed by atoms with van der Waals surface area (Å²) in [5.74, 6) is 0.173. The molecule has 1 amide bonds. The summed E-state index contributed by atoms with van der Waals surface area (Å²) in [7, 11) is 1.55. The number of hydrogen-bond donors (Lipinski definition) is 1. The molecule has 1 aromatic heterocycles. The zero-order valence-electron chi connectivity index (χ0n) is 18.9. The molecule has 0 saturated carbocycles. The van der Waals surface area contributed by atoms with Gasteiger partial charge in [0.25, 0.3) is 5.91 Å². The van der Waals surface area contributed by atoms with E-state index >= 15 is 0 Å². The molecule has 0 atom stereocenters. The highest BCUT2D eigenvalue weighted by Crippen LogP contribution is 2.36. The molecule has 4 nitrogen and oxygen atoms in total. The van der Waals surface area contributed by atoms with Crippen molar-refractivity contribution in [1.29, 1.82) is 0 Å². The topological polar surface area (TPSA) is 43.3 Å². The molecule has 0 unspecified atom stereocenters. The van der Waals surface area contributed by atoms with E-state index in [9.17, 15) is 18.0 Å². The Morgan fingerprint density at radius 3 is 2.26 bits per heavy atom. The van der Waals surface area contributed by atoms with Crippen molar-refractivity contribution < 1.29 is 22.7 Å². The van der Waals surface area contributed by atoms with Gasteiger partial charge in [0.15, 0.2) is 0 Å². The van der Waals surface area contributed by atoms with E-state index in [-0.39, 0.29) is 5.69 Å². The van der Waals surface area contributed by atoms with Crippen molar-refractivity contribution in [1.82, 2.24) is 4.57 Å². The van der Waals surface area contributed by atoms with Gasteiger partial charge in [-0.1, -0.05) is 42.5 Å². The Bertz CT molecular complexity index is 1340. The second-order valence-corrected chi connectivity index (χ2v) is 7.87. The smallest absolute Gasteiger partial charge is 0.418 e. The first kappa shape index (κ1) is 23.2. The molecule has 0 spiro atoms. The number of halogens is 3. The van der Waals surface area contributed by atoms with E-state index in [1.165, 1.54) is 16.7 Å². The third kappa shape index (κ3) is 4.41. The minimum absolute atomic E-state index is 0.0158. The van der Waals surface area contributed by atoms with Crippen LogP contribution in [0.3, 0.4) is 0 Å². The first-order valence-corrected chi connectivity index (χ1v) is 10.6. The molecule has 4 rings (SSSR count). The first-order chi connectivity index (χ1) is 16.2. The number of nitrogens with one attached hydrogen (secondary N) is 1. The molecule has 4 aromatic rings. The second kappa shape index (κ2) is 9.09. The number of alkyl halides is 3. The predicted molar refractivity (Wildman–Crippen MR) is 127 cm³/mol. The fraction of sp³-hybridized carbons (Fsp3) is 0.148. The average molecular weight is 464 g/mol. The summed E-state index contributed by atoms with van der Waals surface area (Å²) in [6.45, 7) is 3.31. The van der Waals surface area contributed by atoms with Gasteiger partial charge in [0.1, 0.15) is 5.75 Å². The van der Waals surface area contributed by atoms with E-state index in [0.717, 1.165) is 17.2 Å². The summed E-state index contributed by atoms with van der Waals surface area (Å²) < 4.78 is 47.7. The number of hydrogen-bond acceptors (Lipinski definition) is 2. The molecule has 34 heavy (non-hydrogen) atoms. The number of ether oxygens (including phenoxy) is 1. The minimum atomic E-state index is -4.51. The number of carbonyl (C=O) groups excluding carboxylic acids is 1. The summed E-state index contributed by atoms with van der Waals surface area (Å²) in [6, 6.07) is 22.0. The number of aromatic nitrogens is 1. The van der Waals surface area contributed by atoms with Crippen LogP contribution in [-0.4, -0.2) is 17.6 Å². The molecule has 1 heterocycles. The van der Waals surface area contributed by atoms with Crippen LogP contribution < -0.4 is 10.1 Å². The molecule has 1 N–H and O–H groups in total. The monoisotopic (exact) mass is 464 g/mol. The summed E-state index contributed by atoms with van der Waals surface area (Å²) in [4.78, 5) is 13.1. The fourth-order valence-electron chi connectivity index (χ4n) is 4.10. The molecule has 0 saturated heterocycles. The highest BCUT2D eigenvalue weighted by Gasteiger charge is 2.34. The highest BCUT2D eigenvalue weighted by atomic mass is 19.4. The van der Waals surface area contributed by atoms with Crippen molar-refractivity contribution in [3.8, 4) is 22.6 Å². The van der Waals surface area contributed by atoms with Crippen molar-refractivity contribution in [2.75, 3.05) is 12.4 Å². The second-order valence-electron chi connectivity index (χ2n) is 7.87. The Morgan fingerprint density at radius 2 is 1.59 bits per heavy atom. The number of rotatable bonds is 5. The van der Waals surface area contributed by atoms with E-state index in [2.05, 4.69) is 5.32 Å². The molecule has 0 aliphatic rings. The van der Waals surface area contributed by atoms with Gasteiger partial charge in [0, 0.05) is 28.7 Å². The van der Waals surface area contributed by atoms with E-state index in [4.69, 9.17) is 4.74 Å². The Hall–Kier alpha value is -4.00. The number of anilines is 1. The lowest BCUT2D eigenvalue weighted by Gasteiger charge is -2.17. The number of aryl methyl sites for hydroxylation is 1. The number of benzene rings is 3. The van der Waals surface area contributed by atoms with Crippen molar-refractivity contribution in [2.45, 2.75) is 20.0 Å². The lowest BCUT2D eigenvalue weighted by Crippen LogP contribution is -2.15. The first-order valence-electron chi connectivity index (χ1n) is 10.6. The van der Waals surface area contributed by atoms with Crippen LogP contribution in [0, 0.1) is 13.8 Å². The molecule has 0 fully saturated rings. The number of carbonyl (C=O) groups is 1. The SMILES string of the molecule is COc1cc(NC(=O)c2cc(C)n(-c3ccccc3C(F)(F)F)c2C)ccc1-c1ccccc1. The molecular formula is C27H23F3N2O2. The maximum atomic E-state index is 13.6. The summed E-state index contributed by atoms with van der Waals surface area (Å²) in [6.07, 6.45) is -4.51. The maximum Gasteiger partial charge on any atom is 0.418 e. The zero-order chi connectivity index (χ0) is 24.5. The van der Waals surface area contributed by atoms with Crippen LogP contribution in [0.4, 0.5) is 18.9 Å². The van der Waals surface area contributed by atoms with Crippen molar-refractivity contribution in [2.24, 2.45) is 0 Å². The van der Waals surface area contributed by atoms with E-state index < -0.39 is 17.6 Å². The van der Waals surface area contributed by atoms with Crippen LogP contribution in [-0.2, 0) is 6.18 Å². The Morgan fingerprint density at radius 1 is 0.912 bits per heavy atom. The summed E-state index contributed by atoms with van der Waals surface area (Å²) in [5.41, 5.74) is 2.83. The molecule has 0 aliphatic carbocycles. The van der Waals surface area contributed by atoms with Crippen LogP contribution in [0.25, 0.3) is 16.8 Å². The molecule has 174 valence electrons. The van der Waals surface area contributed by atoms with Gasteiger partial charge in [-0.15, -0.1) is 0 Å². The van der Waals surface area contributed by atoms with Gasteiger partial charge in [-0.2, -0.15) is 13.2 Å². The third-order valence-electron chi connectivity index (χ3n) is 5.67. The standard InChI is InChI=1S/C27H23F3N2O2/c1-17-15-22(18(2)32(17)24-12-8-7-11-23(24)27(28,29)30)26(33)31-20-13-14-21(25(16-20)34-3)19-9-5-4-6-10-19/h4-16H,1-3H3,(H,31,33). The highest BCUT2D eigenvalue weighted by molar-refractivity contribution is 6.05. The number of para-hydroxylation sites is 1. The Balaban J connectivity index is 1.66. The van der Waals surface area contributed by atoms with Crippen LogP contribution in [0.15, 0.2) is 78.9 Å². The number of nitrogens with zero attached hydrogens (tertiary/aromatic N) is 1. The molecular weight excluding hydrogens is 441 g/mol. The minimum Gasteiger partial charge on any atom is -0.496 e. The molecule has 0 aliphatic heterocycles. The van der Waals surface area contributed by atoms with Gasteiger partial charge in [-0.3, -0.25) is 4.79 Å². The summed E-state index contributed by atoms with van der Waals surface area (Å²) >= 11 is 0. The van der Waals surface area contributed by atoms with E-state index in [1.807, 2.05) is 36.4 Å². The number of methoxy groups -OCH3 is 1. The molecule has 7 heteroatoms. The van der Waals surface area contributed by atoms with Gasteiger partial charge in [-0.05, 0) is 49.7 Å². The van der Waals surface area contributed by atoms with Crippen LogP contribution in [0.5, 0.6) is 5.75 Å². The van der Waals surface area contributed by atoms with Crippen molar-refractivity contribution in [3.05, 3.63) is 101 Å². The van der Waals surface area contributed by atoms with Crippen molar-refractivity contribution in [3.63, 3.8) is 0 Å². The number of amides is 1. The Kier molecular flexibility index (Phi) is 6.20. The lowest BCUT2D eigenvalue weighted by atomic mass is 10.0. The van der Waals surface area contributed by atoms with Gasteiger partial charge in [-0.25, -0.2) is 0 Å². The fourth-order valence-corrected chi connectivity index (χ4v) is 4.10. The normalized spacial score (nSPS) is 11.4. The van der Waals surface area contributed by atoms with Gasteiger partial charge in [0.2, 0.25) is 0 Å². The van der Waals surface area contributed by atoms with Gasteiger partial charge < -0.3 is 14.6 Å². The predicted octanol–water partition coefficient (Wildman–Crippen LogP) is 7.04. The molecule has 0 radical (unpaired) electrons. The maximum absolute atomic E-state index is 13.6. The van der Waals surface area contributed by atoms with E-state index in [1.54, 1.807) is 45.2 Å². The van der Waals surface area contributed by atoms with Crippen molar-refractivity contribution >= 4 is 11.6 Å². The third-order valence-corrected chi connectivity index (χ3v) is 5.67. The summed E-state index contributed by atoms with van der Waals surface area (Å²) in [5, 5.41) is 2.83. The van der Waals surface area contributed by atoms with Crippen LogP contribution in [0.2, 0.25) is 0 Å². The van der Waals surface area contributed by atoms with Crippen LogP contribution in [0.1, 0.15) is 27.3 Å². The van der Waals surface area contributed by atoms with E-state index in [0.29, 0.717) is 28.4 Å². The van der Waals surface area contributed by atoms with Gasteiger partial charge in [0.05, 0.1) is 23.9 Å². The quantitative estimate of drug-likeness (QED) is 0.344. The molecule has 0 bridgehead atoms. The van der Waals surface area contributed by atoms with Gasteiger partial charge >= 0.3 is 6.18 Å². The largest absolute Gasteiger partial charge is 0.496 e. The van der Waals surface area contributed by atoms with Crippen LogP contribution >= 0.6 is 0 Å². The lowest BCUT2D eigenvalue weighted by molar-refractivity contribution is -0.137. The zero-order valence-corrected chi connectivity index (χ0v) is 18.9. The molecule has 3 aromatic carbocycles.